The van der Waals surface area contributed by atoms with E-state index in [9.17, 15) is 16.8 Å². The van der Waals surface area contributed by atoms with Crippen LogP contribution in [0.3, 0.4) is 0 Å². The molecule has 1 atom stereocenters. The number of benzene rings is 1. The Labute approximate surface area is 139 Å². The molecule has 21 heavy (non-hydrogen) atoms. The Balaban J connectivity index is 3.10. The molecule has 0 aliphatic rings. The molecule has 120 valence electrons. The molecule has 0 heterocycles. The van der Waals surface area contributed by atoms with E-state index in [-0.39, 0.29) is 10.8 Å². The lowest BCUT2D eigenvalue weighted by Crippen LogP contribution is -2.38. The van der Waals surface area contributed by atoms with Gasteiger partial charge in [-0.15, -0.1) is 4.13 Å². The number of nitrogens with one attached hydrogen (secondary N) is 1. The minimum atomic E-state index is -4.68. The Morgan fingerprint density at radius 1 is 1.10 bits per heavy atom. The SMILES string of the molecule is CCC(C)c1ccc(S(=O)(=O)NS(=O)(=O)C(Cl)(Cl)Cl)cc1. The van der Waals surface area contributed by atoms with E-state index in [1.165, 1.54) is 16.3 Å². The molecule has 1 N–H and O–H groups in total. The first-order valence-electron chi connectivity index (χ1n) is 5.85. The summed E-state index contributed by atoms with van der Waals surface area (Å²) in [7, 11) is -9.02. The Bertz CT molecular complexity index is 694. The lowest BCUT2D eigenvalue weighted by Gasteiger charge is -2.14. The molecule has 0 saturated heterocycles. The van der Waals surface area contributed by atoms with Gasteiger partial charge in [0.1, 0.15) is 0 Å². The molecule has 0 radical (unpaired) electrons. The van der Waals surface area contributed by atoms with Gasteiger partial charge in [0.05, 0.1) is 4.90 Å². The van der Waals surface area contributed by atoms with Crippen molar-refractivity contribution in [3.05, 3.63) is 29.8 Å². The maximum absolute atomic E-state index is 12.0. The molecule has 0 aromatic heterocycles. The second-order valence-electron chi connectivity index (χ2n) is 4.41. The molecule has 0 aliphatic carbocycles. The largest absolute Gasteiger partial charge is 0.307 e. The number of sulfonamides is 2. The van der Waals surface area contributed by atoms with Gasteiger partial charge in [0.2, 0.25) is 0 Å². The van der Waals surface area contributed by atoms with Crippen LogP contribution in [0.5, 0.6) is 0 Å². The summed E-state index contributed by atoms with van der Waals surface area (Å²) in [5.41, 5.74) is 0.945. The summed E-state index contributed by atoms with van der Waals surface area (Å²) in [5.74, 6) is 0.264. The molecule has 0 bridgehead atoms. The number of hydrogen-bond donors (Lipinski definition) is 1. The van der Waals surface area contributed by atoms with Gasteiger partial charge in [0, 0.05) is 0 Å². The van der Waals surface area contributed by atoms with Gasteiger partial charge in [0.15, 0.2) is 0 Å². The molecule has 0 spiro atoms. The highest BCUT2D eigenvalue weighted by Crippen LogP contribution is 2.32. The summed E-state index contributed by atoms with van der Waals surface area (Å²) in [5, 5.41) is 0. The highest BCUT2D eigenvalue weighted by molar-refractivity contribution is 8.07. The van der Waals surface area contributed by atoms with E-state index >= 15 is 0 Å². The second-order valence-corrected chi connectivity index (χ2v) is 11.1. The van der Waals surface area contributed by atoms with Crippen molar-refractivity contribution in [2.75, 3.05) is 0 Å². The van der Waals surface area contributed by atoms with Gasteiger partial charge in [-0.25, -0.2) is 16.8 Å². The Morgan fingerprint density at radius 3 is 1.95 bits per heavy atom. The summed E-state index contributed by atoms with van der Waals surface area (Å²) >= 11 is 15.7. The summed E-state index contributed by atoms with van der Waals surface area (Å²) in [6.07, 6.45) is 0.895. The normalized spacial score (nSPS) is 14.9. The fourth-order valence-electron chi connectivity index (χ4n) is 1.45. The van der Waals surface area contributed by atoms with Gasteiger partial charge in [0.25, 0.3) is 20.0 Å². The Kier molecular flexibility index (Phi) is 5.97. The molecule has 0 amide bonds. The van der Waals surface area contributed by atoms with Crippen LogP contribution >= 0.6 is 34.8 Å². The zero-order valence-electron chi connectivity index (χ0n) is 11.2. The first kappa shape index (κ1) is 19.0. The van der Waals surface area contributed by atoms with Crippen molar-refractivity contribution in [3.63, 3.8) is 0 Å². The lowest BCUT2D eigenvalue weighted by atomic mass is 9.99. The molecule has 10 heteroatoms. The van der Waals surface area contributed by atoms with Crippen LogP contribution in [0.25, 0.3) is 0 Å². The average molecular weight is 395 g/mol. The molecule has 0 fully saturated rings. The molecule has 1 unspecified atom stereocenters. The van der Waals surface area contributed by atoms with Crippen LogP contribution in [0.4, 0.5) is 0 Å². The lowest BCUT2D eigenvalue weighted by molar-refractivity contribution is 0.577. The standard InChI is InChI=1S/C11H14Cl3NO4S2/c1-3-8(2)9-4-6-10(7-5-9)20(16,17)15-21(18,19)11(12,13)14/h4-8,15H,3H2,1-2H3. The molecule has 0 aliphatic heterocycles. The fourth-order valence-corrected chi connectivity index (χ4v) is 4.71. The van der Waals surface area contributed by atoms with E-state index in [1.807, 2.05) is 13.8 Å². The fraction of sp³-hybridized carbons (Fsp3) is 0.455. The van der Waals surface area contributed by atoms with E-state index < -0.39 is 23.2 Å². The van der Waals surface area contributed by atoms with Crippen molar-refractivity contribution in [1.29, 1.82) is 0 Å². The van der Waals surface area contributed by atoms with Crippen molar-refractivity contribution in [2.45, 2.75) is 34.2 Å². The van der Waals surface area contributed by atoms with E-state index in [2.05, 4.69) is 0 Å². The highest BCUT2D eigenvalue weighted by Gasteiger charge is 2.41. The van der Waals surface area contributed by atoms with Crippen LogP contribution in [-0.4, -0.2) is 20.0 Å². The molecule has 5 nitrogen and oxygen atoms in total. The summed E-state index contributed by atoms with van der Waals surface area (Å²) < 4.78 is 45.7. The van der Waals surface area contributed by atoms with Crippen molar-refractivity contribution in [2.24, 2.45) is 0 Å². The second kappa shape index (κ2) is 6.60. The summed E-state index contributed by atoms with van der Waals surface area (Å²) in [6.45, 7) is 4.00. The van der Waals surface area contributed by atoms with Gasteiger partial charge >= 0.3 is 3.12 Å². The van der Waals surface area contributed by atoms with Crippen LogP contribution < -0.4 is 4.13 Å². The molecular weight excluding hydrogens is 381 g/mol. The Morgan fingerprint density at radius 2 is 1.57 bits per heavy atom. The molecule has 0 saturated carbocycles. The third-order valence-electron chi connectivity index (χ3n) is 2.90. The number of rotatable bonds is 5. The quantitative estimate of drug-likeness (QED) is 0.778. The van der Waals surface area contributed by atoms with Gasteiger partial charge in [-0.2, -0.15) is 0 Å². The first-order chi connectivity index (χ1) is 9.40. The van der Waals surface area contributed by atoms with Crippen LogP contribution in [0.1, 0.15) is 31.7 Å². The predicted molar refractivity (Wildman–Crippen MR) is 84.7 cm³/mol. The van der Waals surface area contributed by atoms with Crippen LogP contribution in [0, 0.1) is 0 Å². The smallest absolute Gasteiger partial charge is 0.207 e. The van der Waals surface area contributed by atoms with Crippen molar-refractivity contribution in [1.82, 2.24) is 4.13 Å². The summed E-state index contributed by atoms with van der Waals surface area (Å²) in [6, 6.07) is 5.84. The number of halogens is 3. The highest BCUT2D eigenvalue weighted by atomic mass is 35.6. The number of alkyl halides is 3. The van der Waals surface area contributed by atoms with Gasteiger partial charge in [-0.05, 0) is 30.0 Å². The Hall–Kier alpha value is -0.0500. The van der Waals surface area contributed by atoms with Crippen LogP contribution in [-0.2, 0) is 20.0 Å². The maximum atomic E-state index is 12.0. The molecule has 1 aromatic rings. The van der Waals surface area contributed by atoms with Crippen molar-refractivity contribution >= 4 is 54.8 Å². The van der Waals surface area contributed by atoms with Gasteiger partial charge < -0.3 is 0 Å². The minimum absolute atomic E-state index is 0.229. The van der Waals surface area contributed by atoms with Crippen molar-refractivity contribution in [3.8, 4) is 0 Å². The van der Waals surface area contributed by atoms with Crippen LogP contribution in [0.15, 0.2) is 29.2 Å². The zero-order valence-corrected chi connectivity index (χ0v) is 15.1. The van der Waals surface area contributed by atoms with E-state index in [0.717, 1.165) is 12.0 Å². The third-order valence-corrected chi connectivity index (χ3v) is 7.98. The minimum Gasteiger partial charge on any atom is -0.207 e. The van der Waals surface area contributed by atoms with Crippen LogP contribution in [0.2, 0.25) is 0 Å². The monoisotopic (exact) mass is 393 g/mol. The maximum Gasteiger partial charge on any atom is 0.307 e. The van der Waals surface area contributed by atoms with E-state index in [1.54, 1.807) is 12.1 Å². The molecular formula is C11H14Cl3NO4S2. The third kappa shape index (κ3) is 4.71. The average Bonchev–Trinajstić information content (AvgIpc) is 2.35. The topological polar surface area (TPSA) is 80.3 Å². The first-order valence-corrected chi connectivity index (χ1v) is 9.95. The molecule has 1 rings (SSSR count). The molecule has 1 aromatic carbocycles. The van der Waals surface area contributed by atoms with E-state index in [0.29, 0.717) is 0 Å². The van der Waals surface area contributed by atoms with Gasteiger partial charge in [-0.1, -0.05) is 60.8 Å². The summed E-state index contributed by atoms with van der Waals surface area (Å²) in [4.78, 5) is -0.229. The van der Waals surface area contributed by atoms with E-state index in [4.69, 9.17) is 34.8 Å². The predicted octanol–water partition coefficient (Wildman–Crippen LogP) is 3.14. The number of hydrogen-bond acceptors (Lipinski definition) is 4. The zero-order chi connectivity index (χ0) is 16.5. The van der Waals surface area contributed by atoms with Gasteiger partial charge in [-0.3, -0.25) is 0 Å². The van der Waals surface area contributed by atoms with Crippen molar-refractivity contribution < 1.29 is 16.8 Å².